The molecule has 0 spiro atoms. The normalized spacial score (nSPS) is 12.0. The Morgan fingerprint density at radius 3 is 0.880 bits per heavy atom. The van der Waals surface area contributed by atoms with Gasteiger partial charge in [0.05, 0.1) is 31.3 Å². The van der Waals surface area contributed by atoms with Crippen LogP contribution < -0.4 is 0 Å². The van der Waals surface area contributed by atoms with Gasteiger partial charge in [0.25, 0.3) is 0 Å². The van der Waals surface area contributed by atoms with Gasteiger partial charge in [-0.25, -0.2) is 0 Å². The van der Waals surface area contributed by atoms with Crippen molar-refractivity contribution in [3.05, 3.63) is 15.3 Å². The Labute approximate surface area is 156 Å². The summed E-state index contributed by atoms with van der Waals surface area (Å²) in [5.74, 6) is 3.33. The second kappa shape index (κ2) is 14.3. The lowest BCUT2D eigenvalue weighted by atomic mass is 10.0. The van der Waals surface area contributed by atoms with Crippen molar-refractivity contribution >= 4 is 0 Å². The zero-order valence-electron chi connectivity index (χ0n) is 18.1. The summed E-state index contributed by atoms with van der Waals surface area (Å²) in [5, 5.41) is 14.8. The summed E-state index contributed by atoms with van der Waals surface area (Å²) in [7, 11) is 0. The average molecular weight is 361 g/mol. The Morgan fingerprint density at radius 2 is 0.760 bits per heavy atom. The van der Waals surface area contributed by atoms with Gasteiger partial charge < -0.3 is 19.8 Å². The van der Waals surface area contributed by atoms with Gasteiger partial charge >= 0.3 is 0 Å². The fourth-order valence-electron chi connectivity index (χ4n) is 2.80. The third-order valence-corrected chi connectivity index (χ3v) is 4.72. The summed E-state index contributed by atoms with van der Waals surface area (Å²) >= 11 is 0. The van der Waals surface area contributed by atoms with Gasteiger partial charge in [-0.05, 0) is 49.4 Å². The van der Waals surface area contributed by atoms with E-state index in [1.165, 1.54) is 56.3 Å². The lowest BCUT2D eigenvalue weighted by Gasteiger charge is -2.41. The molecule has 152 valence electrons. The summed E-state index contributed by atoms with van der Waals surface area (Å²) in [6.07, 6.45) is 5.53. The Kier molecular flexibility index (Phi) is 15.1. The molecule has 0 aliphatic rings. The lowest BCUT2D eigenvalue weighted by Crippen LogP contribution is -2.52. The fourth-order valence-corrected chi connectivity index (χ4v) is 2.80. The van der Waals surface area contributed by atoms with Gasteiger partial charge in [-0.15, -0.1) is 0 Å². The maximum Gasteiger partial charge on any atom is 0.0789 e. The van der Waals surface area contributed by atoms with Crippen LogP contribution in [0.4, 0.5) is 0 Å². The highest BCUT2D eigenvalue weighted by Gasteiger charge is 2.27. The molecule has 25 heavy (non-hydrogen) atoms. The Balaban J connectivity index is 0. The number of hydrogen-bond acceptors (Lipinski definition) is 3. The highest BCUT2D eigenvalue weighted by molar-refractivity contribution is 4.56. The SMILES string of the molecule is CC(C)CC[N+](CCC(C)C)(CCC(C)C)CCC(C)C.O=[N+]([O-])[O-]. The van der Waals surface area contributed by atoms with E-state index in [9.17, 15) is 0 Å². The highest BCUT2D eigenvalue weighted by Crippen LogP contribution is 2.21. The van der Waals surface area contributed by atoms with Crippen LogP contribution in [0.5, 0.6) is 0 Å². The third kappa shape index (κ3) is 19.3. The van der Waals surface area contributed by atoms with Gasteiger partial charge in [0.2, 0.25) is 0 Å². The molecule has 0 aliphatic heterocycles. The quantitative estimate of drug-likeness (QED) is 0.253. The van der Waals surface area contributed by atoms with Crippen LogP contribution in [0.1, 0.15) is 81.1 Å². The number of nitrogens with zero attached hydrogens (tertiary/aromatic N) is 2. The molecule has 5 nitrogen and oxygen atoms in total. The molecule has 0 radical (unpaired) electrons. The molecule has 0 rings (SSSR count). The van der Waals surface area contributed by atoms with E-state index in [1.54, 1.807) is 0 Å². The van der Waals surface area contributed by atoms with Gasteiger partial charge in [-0.2, -0.15) is 0 Å². The van der Waals surface area contributed by atoms with Crippen molar-refractivity contribution in [2.45, 2.75) is 81.1 Å². The third-order valence-electron chi connectivity index (χ3n) is 4.72. The van der Waals surface area contributed by atoms with E-state index < -0.39 is 5.09 Å². The van der Waals surface area contributed by atoms with Gasteiger partial charge in [0, 0.05) is 0 Å². The fraction of sp³-hybridized carbons (Fsp3) is 1.00. The smallest absolute Gasteiger partial charge is 0.0789 e. The minimum Gasteiger partial charge on any atom is -0.356 e. The molecule has 0 saturated heterocycles. The zero-order chi connectivity index (χ0) is 20.0. The predicted octanol–water partition coefficient (Wildman–Crippen LogP) is 5.75. The molecule has 0 aromatic heterocycles. The standard InChI is InChI=1S/C20H44N.NO3/c1-17(2)9-13-21(14-10-18(3)4,15-11-19(5)6)16-12-20(7)8;2-1(3)4/h17-20H,9-16H2,1-8H3;/q+1;-1. The van der Waals surface area contributed by atoms with Crippen LogP contribution in [0.2, 0.25) is 0 Å². The first-order valence-corrected chi connectivity index (χ1v) is 10.1. The molecule has 0 saturated carbocycles. The first-order valence-electron chi connectivity index (χ1n) is 10.1. The lowest BCUT2D eigenvalue weighted by molar-refractivity contribution is -0.930. The monoisotopic (exact) mass is 360 g/mol. The molecule has 0 atom stereocenters. The van der Waals surface area contributed by atoms with E-state index in [1.807, 2.05) is 0 Å². The van der Waals surface area contributed by atoms with Crippen LogP contribution in [0.3, 0.4) is 0 Å². The van der Waals surface area contributed by atoms with E-state index >= 15 is 0 Å². The molecule has 0 amide bonds. The molecule has 0 bridgehead atoms. The van der Waals surface area contributed by atoms with Crippen LogP contribution in [-0.2, 0) is 0 Å². The first kappa shape index (κ1) is 26.4. The molecule has 0 unspecified atom stereocenters. The largest absolute Gasteiger partial charge is 0.356 e. The Bertz CT molecular complexity index is 271. The average Bonchev–Trinajstić information content (AvgIpc) is 2.44. The van der Waals surface area contributed by atoms with Crippen LogP contribution in [0, 0.1) is 39.0 Å². The second-order valence-electron chi connectivity index (χ2n) is 9.19. The van der Waals surface area contributed by atoms with Gasteiger partial charge in [-0.3, -0.25) is 0 Å². The molecular weight excluding hydrogens is 316 g/mol. The molecule has 0 N–H and O–H groups in total. The Hall–Kier alpha value is -0.840. The topological polar surface area (TPSA) is 66.2 Å². The van der Waals surface area contributed by atoms with Crippen LogP contribution in [-0.4, -0.2) is 35.7 Å². The summed E-state index contributed by atoms with van der Waals surface area (Å²) < 4.78 is 1.38. The number of rotatable bonds is 12. The molecule has 0 heterocycles. The second-order valence-corrected chi connectivity index (χ2v) is 9.19. The minimum atomic E-state index is -1.75. The van der Waals surface area contributed by atoms with Crippen molar-refractivity contribution in [2.24, 2.45) is 23.7 Å². The highest BCUT2D eigenvalue weighted by atomic mass is 16.9. The zero-order valence-corrected chi connectivity index (χ0v) is 18.1. The number of hydrogen-bond donors (Lipinski definition) is 0. The van der Waals surface area contributed by atoms with E-state index in [4.69, 9.17) is 15.3 Å². The summed E-state index contributed by atoms with van der Waals surface area (Å²) in [4.78, 5) is 8.25. The van der Waals surface area contributed by atoms with E-state index in [-0.39, 0.29) is 0 Å². The van der Waals surface area contributed by atoms with Crippen LogP contribution >= 0.6 is 0 Å². The first-order chi connectivity index (χ1) is 11.4. The summed E-state index contributed by atoms with van der Waals surface area (Å²) in [6.45, 7) is 24.6. The van der Waals surface area contributed by atoms with E-state index in [0.717, 1.165) is 23.7 Å². The minimum absolute atomic E-state index is 0.833. The van der Waals surface area contributed by atoms with Gasteiger partial charge in [0.1, 0.15) is 0 Å². The molecular formula is C20H44N2O3. The maximum absolute atomic E-state index is 8.25. The van der Waals surface area contributed by atoms with Crippen LogP contribution in [0.15, 0.2) is 0 Å². The van der Waals surface area contributed by atoms with Gasteiger partial charge in [0.15, 0.2) is 0 Å². The Morgan fingerprint density at radius 1 is 0.600 bits per heavy atom. The van der Waals surface area contributed by atoms with Crippen molar-refractivity contribution in [3.63, 3.8) is 0 Å². The molecule has 0 aromatic rings. The number of quaternary nitrogens is 1. The summed E-state index contributed by atoms with van der Waals surface area (Å²) in [5.41, 5.74) is 0. The molecule has 0 aliphatic carbocycles. The van der Waals surface area contributed by atoms with Crippen LogP contribution in [0.25, 0.3) is 0 Å². The van der Waals surface area contributed by atoms with Crippen molar-refractivity contribution in [1.82, 2.24) is 0 Å². The van der Waals surface area contributed by atoms with Gasteiger partial charge in [-0.1, -0.05) is 55.4 Å². The summed E-state index contributed by atoms with van der Waals surface area (Å²) in [6, 6.07) is 0. The maximum atomic E-state index is 8.25. The molecule has 0 aromatic carbocycles. The van der Waals surface area contributed by atoms with E-state index in [2.05, 4.69) is 55.4 Å². The molecule has 0 fully saturated rings. The van der Waals surface area contributed by atoms with Crippen molar-refractivity contribution in [2.75, 3.05) is 26.2 Å². The van der Waals surface area contributed by atoms with Crippen molar-refractivity contribution in [1.29, 1.82) is 0 Å². The van der Waals surface area contributed by atoms with Crippen molar-refractivity contribution < 1.29 is 9.57 Å². The van der Waals surface area contributed by atoms with E-state index in [0.29, 0.717) is 0 Å². The van der Waals surface area contributed by atoms with Crippen molar-refractivity contribution in [3.8, 4) is 0 Å². The predicted molar refractivity (Wildman–Crippen MR) is 108 cm³/mol. The molecule has 5 heteroatoms.